The highest BCUT2D eigenvalue weighted by Gasteiger charge is 2.69. The Morgan fingerprint density at radius 3 is 2.64 bits per heavy atom. The van der Waals surface area contributed by atoms with Gasteiger partial charge in [0.15, 0.2) is 6.61 Å². The SMILES string of the molecule is Cc1onc(-c2ccccn2)c1C(=O)NC12CC(NC(=O)COc3ccc(Cl)c(F)c3)(C1)C2. The molecule has 0 atom stereocenters. The number of halogens is 2. The van der Waals surface area contributed by atoms with Gasteiger partial charge in [0.05, 0.1) is 10.7 Å². The molecule has 8 nitrogen and oxygen atoms in total. The van der Waals surface area contributed by atoms with Gasteiger partial charge in [0.25, 0.3) is 11.8 Å². The number of hydrogen-bond acceptors (Lipinski definition) is 6. The van der Waals surface area contributed by atoms with Crippen molar-refractivity contribution in [1.29, 1.82) is 0 Å². The fourth-order valence-corrected chi connectivity index (χ4v) is 4.84. The van der Waals surface area contributed by atoms with E-state index in [-0.39, 0.29) is 40.3 Å². The number of benzene rings is 1. The van der Waals surface area contributed by atoms with Crippen molar-refractivity contribution >= 4 is 23.4 Å². The van der Waals surface area contributed by atoms with Crippen LogP contribution in [0.5, 0.6) is 5.75 Å². The molecule has 0 radical (unpaired) electrons. The summed E-state index contributed by atoms with van der Waals surface area (Å²) < 4.78 is 24.1. The summed E-state index contributed by atoms with van der Waals surface area (Å²) in [5, 5.41) is 10.0. The molecule has 2 amide bonds. The van der Waals surface area contributed by atoms with Gasteiger partial charge in [-0.15, -0.1) is 0 Å². The Bertz CT molecular complexity index is 1230. The minimum absolute atomic E-state index is 0.0124. The third-order valence-electron chi connectivity index (χ3n) is 6.07. The van der Waals surface area contributed by atoms with E-state index in [1.165, 1.54) is 12.1 Å². The molecule has 1 aromatic carbocycles. The minimum atomic E-state index is -0.610. The summed E-state index contributed by atoms with van der Waals surface area (Å²) in [6.07, 6.45) is 3.49. The lowest BCUT2D eigenvalue weighted by Gasteiger charge is -2.70. The number of aryl methyl sites for hydroxylation is 1. The molecule has 3 aromatic rings. The second kappa shape index (κ2) is 7.84. The minimum Gasteiger partial charge on any atom is -0.484 e. The Labute approximate surface area is 193 Å². The summed E-state index contributed by atoms with van der Waals surface area (Å²) in [7, 11) is 0. The van der Waals surface area contributed by atoms with E-state index in [2.05, 4.69) is 20.8 Å². The van der Waals surface area contributed by atoms with Gasteiger partial charge in [-0.2, -0.15) is 0 Å². The maximum Gasteiger partial charge on any atom is 0.258 e. The molecule has 2 heterocycles. The van der Waals surface area contributed by atoms with Crippen molar-refractivity contribution in [2.24, 2.45) is 0 Å². The number of carbonyl (C=O) groups is 2. The summed E-state index contributed by atoms with van der Waals surface area (Å²) in [5.41, 5.74) is 0.597. The molecule has 3 aliphatic rings. The van der Waals surface area contributed by atoms with Crippen LogP contribution in [-0.2, 0) is 4.79 Å². The Balaban J connectivity index is 1.15. The van der Waals surface area contributed by atoms with Crippen LogP contribution in [0.15, 0.2) is 47.1 Å². The lowest BCUT2D eigenvalue weighted by Crippen LogP contribution is -2.84. The van der Waals surface area contributed by atoms with E-state index in [4.69, 9.17) is 20.9 Å². The van der Waals surface area contributed by atoms with Crippen LogP contribution in [0.25, 0.3) is 11.4 Å². The summed E-state index contributed by atoms with van der Waals surface area (Å²) >= 11 is 5.64. The van der Waals surface area contributed by atoms with Gasteiger partial charge in [0.2, 0.25) is 0 Å². The standard InChI is InChI=1S/C23H20ClFN4O4/c1-13-19(20(29-33-13)17-4-2-3-7-26-17)21(31)28-23-10-22(11-23,12-23)27-18(30)9-32-14-5-6-15(24)16(25)8-14/h2-8H,9-12H2,1H3,(H,27,30)(H,28,31). The third-order valence-corrected chi connectivity index (χ3v) is 6.38. The fourth-order valence-electron chi connectivity index (χ4n) is 4.72. The van der Waals surface area contributed by atoms with Gasteiger partial charge >= 0.3 is 0 Å². The molecular weight excluding hydrogens is 451 g/mol. The highest BCUT2D eigenvalue weighted by molar-refractivity contribution is 6.30. The number of nitrogens with zero attached hydrogens (tertiary/aromatic N) is 2. The summed E-state index contributed by atoms with van der Waals surface area (Å²) in [5.74, 6) is -0.555. The first-order valence-electron chi connectivity index (χ1n) is 10.4. The van der Waals surface area contributed by atoms with Crippen LogP contribution in [0.1, 0.15) is 35.4 Å². The zero-order chi connectivity index (χ0) is 23.2. The van der Waals surface area contributed by atoms with E-state index in [1.54, 1.807) is 25.3 Å². The molecule has 10 heteroatoms. The molecule has 0 aliphatic heterocycles. The Morgan fingerprint density at radius 1 is 1.18 bits per heavy atom. The molecule has 2 aromatic heterocycles. The van der Waals surface area contributed by atoms with Crippen LogP contribution in [-0.4, -0.2) is 39.6 Å². The molecule has 2 N–H and O–H groups in total. The zero-order valence-electron chi connectivity index (χ0n) is 17.7. The molecule has 0 unspecified atom stereocenters. The van der Waals surface area contributed by atoms with Gasteiger partial charge in [-0.25, -0.2) is 4.39 Å². The largest absolute Gasteiger partial charge is 0.484 e. The molecule has 0 saturated heterocycles. The van der Waals surface area contributed by atoms with Crippen molar-refractivity contribution in [3.8, 4) is 17.1 Å². The Kier molecular flexibility index (Phi) is 5.08. The molecule has 3 aliphatic carbocycles. The fraction of sp³-hybridized carbons (Fsp3) is 0.304. The molecule has 2 bridgehead atoms. The molecule has 170 valence electrons. The smallest absolute Gasteiger partial charge is 0.258 e. The van der Waals surface area contributed by atoms with Crippen molar-refractivity contribution in [3.63, 3.8) is 0 Å². The molecule has 3 saturated carbocycles. The molecule has 33 heavy (non-hydrogen) atoms. The van der Waals surface area contributed by atoms with Crippen LogP contribution in [0, 0.1) is 12.7 Å². The van der Waals surface area contributed by atoms with Crippen molar-refractivity contribution < 1.29 is 23.2 Å². The average molecular weight is 471 g/mol. The predicted molar refractivity (Wildman–Crippen MR) is 116 cm³/mol. The number of hydrogen-bond donors (Lipinski definition) is 2. The number of nitrogens with one attached hydrogen (secondary N) is 2. The van der Waals surface area contributed by atoms with Gasteiger partial charge in [0, 0.05) is 23.3 Å². The molecular formula is C23H20ClFN4O4. The lowest BCUT2D eigenvalue weighted by atomic mass is 9.44. The average Bonchev–Trinajstić information content (AvgIpc) is 3.14. The molecule has 6 rings (SSSR count). The Morgan fingerprint density at radius 2 is 1.94 bits per heavy atom. The second-order valence-electron chi connectivity index (χ2n) is 8.64. The van der Waals surface area contributed by atoms with E-state index in [0.717, 1.165) is 6.07 Å². The number of pyridine rings is 1. The Hall–Kier alpha value is -3.46. The summed E-state index contributed by atoms with van der Waals surface area (Å²) in [6.45, 7) is 1.44. The van der Waals surface area contributed by atoms with Crippen LogP contribution >= 0.6 is 11.6 Å². The van der Waals surface area contributed by atoms with Crippen LogP contribution in [0.3, 0.4) is 0 Å². The molecule has 0 spiro atoms. The van der Waals surface area contributed by atoms with Crippen molar-refractivity contribution in [3.05, 3.63) is 64.8 Å². The van der Waals surface area contributed by atoms with Crippen molar-refractivity contribution in [2.75, 3.05) is 6.61 Å². The van der Waals surface area contributed by atoms with Gasteiger partial charge in [-0.3, -0.25) is 14.6 Å². The van der Waals surface area contributed by atoms with Gasteiger partial charge < -0.3 is 19.9 Å². The molecule has 3 fully saturated rings. The monoisotopic (exact) mass is 470 g/mol. The first kappa shape index (κ1) is 21.4. The van der Waals surface area contributed by atoms with E-state index < -0.39 is 5.82 Å². The maximum atomic E-state index is 13.5. The van der Waals surface area contributed by atoms with E-state index >= 15 is 0 Å². The van der Waals surface area contributed by atoms with Crippen LogP contribution < -0.4 is 15.4 Å². The van der Waals surface area contributed by atoms with Crippen LogP contribution in [0.4, 0.5) is 4.39 Å². The summed E-state index contributed by atoms with van der Waals surface area (Å²) in [4.78, 5) is 29.5. The first-order valence-corrected chi connectivity index (χ1v) is 10.8. The lowest BCUT2D eigenvalue weighted by molar-refractivity contribution is -0.141. The highest BCUT2D eigenvalue weighted by atomic mass is 35.5. The number of amides is 2. The van der Waals surface area contributed by atoms with E-state index in [0.29, 0.717) is 42.0 Å². The third kappa shape index (κ3) is 3.93. The van der Waals surface area contributed by atoms with Gasteiger partial charge in [-0.1, -0.05) is 22.8 Å². The van der Waals surface area contributed by atoms with Crippen LogP contribution in [0.2, 0.25) is 5.02 Å². The number of rotatable bonds is 7. The maximum absolute atomic E-state index is 13.5. The van der Waals surface area contributed by atoms with Crippen molar-refractivity contribution in [2.45, 2.75) is 37.3 Å². The summed E-state index contributed by atoms with van der Waals surface area (Å²) in [6, 6.07) is 9.36. The van der Waals surface area contributed by atoms with Gasteiger partial charge in [-0.05, 0) is 50.5 Å². The number of ether oxygens (including phenoxy) is 1. The quantitative estimate of drug-likeness (QED) is 0.548. The van der Waals surface area contributed by atoms with Gasteiger partial charge in [0.1, 0.15) is 28.6 Å². The normalized spacial score (nSPS) is 22.6. The first-order chi connectivity index (χ1) is 15.8. The van der Waals surface area contributed by atoms with E-state index in [1.807, 2.05) is 6.07 Å². The number of aromatic nitrogens is 2. The second-order valence-corrected chi connectivity index (χ2v) is 9.04. The topological polar surface area (TPSA) is 106 Å². The van der Waals surface area contributed by atoms with Crippen molar-refractivity contribution in [1.82, 2.24) is 20.8 Å². The predicted octanol–water partition coefficient (Wildman–Crippen LogP) is 3.44. The zero-order valence-corrected chi connectivity index (χ0v) is 18.4. The number of carbonyl (C=O) groups excluding carboxylic acids is 2. The van der Waals surface area contributed by atoms with E-state index in [9.17, 15) is 14.0 Å². The highest BCUT2D eigenvalue weighted by Crippen LogP contribution is 2.60.